The number of ketones is 1. The van der Waals surface area contributed by atoms with Crippen molar-refractivity contribution in [1.29, 1.82) is 0 Å². The van der Waals surface area contributed by atoms with Crippen molar-refractivity contribution in [1.82, 2.24) is 9.36 Å². The molecular formula is C24H25N3O5. The van der Waals surface area contributed by atoms with E-state index < -0.39 is 11.8 Å². The number of esters is 1. The lowest BCUT2D eigenvalue weighted by Crippen LogP contribution is -2.23. The number of ether oxygens (including phenoxy) is 2. The first-order valence-corrected chi connectivity index (χ1v) is 10.1. The molecule has 1 aromatic heterocycles. The smallest absolute Gasteiger partial charge is 0.354 e. The van der Waals surface area contributed by atoms with Crippen molar-refractivity contribution in [2.45, 2.75) is 13.8 Å². The molecule has 0 amide bonds. The van der Waals surface area contributed by atoms with Gasteiger partial charge in [0.15, 0.2) is 5.78 Å². The number of rotatable bonds is 8. The molecule has 0 aliphatic carbocycles. The van der Waals surface area contributed by atoms with Gasteiger partial charge in [-0.1, -0.05) is 18.2 Å². The van der Waals surface area contributed by atoms with Gasteiger partial charge in [-0.05, 0) is 50.2 Å². The van der Waals surface area contributed by atoms with E-state index in [2.05, 4.69) is 5.32 Å². The van der Waals surface area contributed by atoms with Crippen molar-refractivity contribution in [2.24, 2.45) is 7.05 Å². The number of nitrogens with one attached hydrogen (secondary N) is 1. The number of aromatic nitrogens is 2. The van der Waals surface area contributed by atoms with Gasteiger partial charge in [0.05, 0.1) is 25.1 Å². The van der Waals surface area contributed by atoms with Crippen LogP contribution in [0, 0.1) is 6.92 Å². The Hall–Kier alpha value is -4.07. The van der Waals surface area contributed by atoms with Crippen LogP contribution in [0.2, 0.25) is 0 Å². The second-order valence-electron chi connectivity index (χ2n) is 6.93. The summed E-state index contributed by atoms with van der Waals surface area (Å²) in [5.41, 5.74) is 1.32. The third-order valence-electron chi connectivity index (χ3n) is 4.96. The van der Waals surface area contributed by atoms with Crippen LogP contribution in [0.15, 0.2) is 71.2 Å². The minimum atomic E-state index is -0.733. The lowest BCUT2D eigenvalue weighted by Gasteiger charge is -2.09. The summed E-state index contributed by atoms with van der Waals surface area (Å²) >= 11 is 0. The average molecular weight is 435 g/mol. The molecule has 0 aliphatic heterocycles. The van der Waals surface area contributed by atoms with Crippen molar-refractivity contribution >= 4 is 17.4 Å². The van der Waals surface area contributed by atoms with Crippen molar-refractivity contribution in [2.75, 3.05) is 19.0 Å². The third kappa shape index (κ3) is 4.64. The van der Waals surface area contributed by atoms with Gasteiger partial charge in [0.25, 0.3) is 5.56 Å². The standard InChI is InChI=1S/C24H25N3O5/c1-5-32-24(30)20(15-21(28)17-11-13-19(31-4)14-12-17)25-22-16(2)26(3)27(23(22)29)18-9-7-6-8-10-18/h6-15,25H,5H2,1-4H3/b20-15+. The van der Waals surface area contributed by atoms with Crippen molar-refractivity contribution in [3.63, 3.8) is 0 Å². The number of hydrogen-bond donors (Lipinski definition) is 1. The first-order chi connectivity index (χ1) is 15.4. The Morgan fingerprint density at radius 3 is 2.31 bits per heavy atom. The zero-order chi connectivity index (χ0) is 23.3. The van der Waals surface area contributed by atoms with Crippen LogP contribution in [0.25, 0.3) is 5.69 Å². The van der Waals surface area contributed by atoms with Crippen LogP contribution in [0.4, 0.5) is 5.69 Å². The summed E-state index contributed by atoms with van der Waals surface area (Å²) < 4.78 is 13.3. The Morgan fingerprint density at radius 2 is 1.72 bits per heavy atom. The molecule has 0 spiro atoms. The second-order valence-corrected chi connectivity index (χ2v) is 6.93. The van der Waals surface area contributed by atoms with Crippen LogP contribution in [-0.4, -0.2) is 34.8 Å². The van der Waals surface area contributed by atoms with E-state index in [1.54, 1.807) is 62.0 Å². The molecule has 0 fully saturated rings. The zero-order valence-electron chi connectivity index (χ0n) is 18.4. The molecule has 1 N–H and O–H groups in total. The summed E-state index contributed by atoms with van der Waals surface area (Å²) in [7, 11) is 3.27. The third-order valence-corrected chi connectivity index (χ3v) is 4.96. The Kier molecular flexibility index (Phi) is 6.94. The number of nitrogens with zero attached hydrogens (tertiary/aromatic N) is 2. The molecule has 8 nitrogen and oxygen atoms in total. The molecule has 2 aromatic carbocycles. The lowest BCUT2D eigenvalue weighted by molar-refractivity contribution is -0.138. The van der Waals surface area contributed by atoms with Crippen molar-refractivity contribution < 1.29 is 19.1 Å². The highest BCUT2D eigenvalue weighted by atomic mass is 16.5. The average Bonchev–Trinajstić information content (AvgIpc) is 3.02. The van der Waals surface area contributed by atoms with Gasteiger partial charge in [0.2, 0.25) is 0 Å². The quantitative estimate of drug-likeness (QED) is 0.332. The van der Waals surface area contributed by atoms with Crippen LogP contribution in [0.5, 0.6) is 5.75 Å². The Morgan fingerprint density at radius 1 is 1.06 bits per heavy atom. The predicted molar refractivity (Wildman–Crippen MR) is 121 cm³/mol. The molecule has 0 radical (unpaired) electrons. The van der Waals surface area contributed by atoms with Crippen LogP contribution in [-0.2, 0) is 16.6 Å². The van der Waals surface area contributed by atoms with Gasteiger partial charge in [-0.2, -0.15) is 0 Å². The molecule has 166 valence electrons. The van der Waals surface area contributed by atoms with Gasteiger partial charge in [0.1, 0.15) is 17.1 Å². The fourth-order valence-electron chi connectivity index (χ4n) is 3.17. The fourth-order valence-corrected chi connectivity index (χ4v) is 3.17. The van der Waals surface area contributed by atoms with Gasteiger partial charge in [0, 0.05) is 18.7 Å². The summed E-state index contributed by atoms with van der Waals surface area (Å²) in [6.45, 7) is 3.53. The minimum absolute atomic E-state index is 0.122. The molecule has 8 heteroatoms. The zero-order valence-corrected chi connectivity index (χ0v) is 18.4. The van der Waals surface area contributed by atoms with E-state index in [0.717, 1.165) is 6.08 Å². The Bertz CT molecular complexity index is 1200. The maximum atomic E-state index is 13.2. The number of allylic oxidation sites excluding steroid dienone is 1. The molecule has 0 saturated heterocycles. The van der Waals surface area contributed by atoms with E-state index in [4.69, 9.17) is 9.47 Å². The highest BCUT2D eigenvalue weighted by Gasteiger charge is 2.21. The van der Waals surface area contributed by atoms with Gasteiger partial charge in [-0.3, -0.25) is 14.3 Å². The molecule has 3 aromatic rings. The Labute approximate surface area is 185 Å². The summed E-state index contributed by atoms with van der Waals surface area (Å²) in [6, 6.07) is 15.6. The molecule has 1 heterocycles. The van der Waals surface area contributed by atoms with Crippen LogP contribution >= 0.6 is 0 Å². The maximum Gasteiger partial charge on any atom is 0.354 e. The molecule has 0 saturated carbocycles. The van der Waals surface area contributed by atoms with E-state index in [1.165, 1.54) is 11.8 Å². The molecule has 0 atom stereocenters. The van der Waals surface area contributed by atoms with Crippen molar-refractivity contribution in [3.05, 3.63) is 88.0 Å². The molecular weight excluding hydrogens is 410 g/mol. The van der Waals surface area contributed by atoms with Gasteiger partial charge >= 0.3 is 5.97 Å². The fraction of sp³-hybridized carbons (Fsp3) is 0.208. The van der Waals surface area contributed by atoms with Crippen LogP contribution < -0.4 is 15.6 Å². The van der Waals surface area contributed by atoms with E-state index in [1.807, 2.05) is 18.2 Å². The highest BCUT2D eigenvalue weighted by molar-refractivity contribution is 6.09. The van der Waals surface area contributed by atoms with E-state index in [9.17, 15) is 14.4 Å². The van der Waals surface area contributed by atoms with Crippen LogP contribution in [0.3, 0.4) is 0 Å². The number of anilines is 1. The van der Waals surface area contributed by atoms with E-state index in [0.29, 0.717) is 22.7 Å². The SMILES string of the molecule is CCOC(=O)/C(=C\C(=O)c1ccc(OC)cc1)Nc1c(C)n(C)n(-c2ccccc2)c1=O. The summed E-state index contributed by atoms with van der Waals surface area (Å²) in [6.07, 6.45) is 1.14. The minimum Gasteiger partial charge on any atom is -0.497 e. The summed E-state index contributed by atoms with van der Waals surface area (Å²) in [5, 5.41) is 2.84. The monoisotopic (exact) mass is 435 g/mol. The molecule has 3 rings (SSSR count). The maximum absolute atomic E-state index is 13.2. The van der Waals surface area contributed by atoms with Crippen LogP contribution in [0.1, 0.15) is 23.0 Å². The van der Waals surface area contributed by atoms with Gasteiger partial charge < -0.3 is 14.8 Å². The summed E-state index contributed by atoms with van der Waals surface area (Å²) in [5.74, 6) is -0.543. The topological polar surface area (TPSA) is 91.6 Å². The van der Waals surface area contributed by atoms with E-state index in [-0.39, 0.29) is 23.6 Å². The lowest BCUT2D eigenvalue weighted by atomic mass is 10.1. The molecule has 32 heavy (non-hydrogen) atoms. The normalized spacial score (nSPS) is 11.2. The van der Waals surface area contributed by atoms with Gasteiger partial charge in [-0.25, -0.2) is 9.48 Å². The second kappa shape index (κ2) is 9.82. The van der Waals surface area contributed by atoms with Gasteiger partial charge in [-0.15, -0.1) is 0 Å². The molecule has 0 unspecified atom stereocenters. The first-order valence-electron chi connectivity index (χ1n) is 10.1. The number of para-hydroxylation sites is 1. The van der Waals surface area contributed by atoms with E-state index >= 15 is 0 Å². The first kappa shape index (κ1) is 22.6. The largest absolute Gasteiger partial charge is 0.497 e. The number of methoxy groups -OCH3 is 1. The van der Waals surface area contributed by atoms with Crippen molar-refractivity contribution in [3.8, 4) is 11.4 Å². The number of benzene rings is 2. The number of carbonyl (C=O) groups is 2. The number of hydrogen-bond acceptors (Lipinski definition) is 6. The Balaban J connectivity index is 2.01. The highest BCUT2D eigenvalue weighted by Crippen LogP contribution is 2.18. The summed E-state index contributed by atoms with van der Waals surface area (Å²) in [4.78, 5) is 38.5. The molecule has 0 aliphatic rings. The molecule has 0 bridgehead atoms. The number of carbonyl (C=O) groups excluding carboxylic acids is 2. The predicted octanol–water partition coefficient (Wildman–Crippen LogP) is 3.23.